The highest BCUT2D eigenvalue weighted by molar-refractivity contribution is 5.59. The zero-order valence-electron chi connectivity index (χ0n) is 10.3. The van der Waals surface area contributed by atoms with Gasteiger partial charge in [0, 0.05) is 24.8 Å². The molecule has 0 aliphatic heterocycles. The molecule has 19 heavy (non-hydrogen) atoms. The lowest BCUT2D eigenvalue weighted by molar-refractivity contribution is 1.00. The molecule has 0 radical (unpaired) electrons. The second-order valence-corrected chi connectivity index (χ2v) is 3.82. The Hall–Kier alpha value is -2.65. The van der Waals surface area contributed by atoms with Crippen molar-refractivity contribution < 1.29 is 0 Å². The molecular formula is C13H14N6. The van der Waals surface area contributed by atoms with E-state index in [1.165, 1.54) is 6.33 Å². The van der Waals surface area contributed by atoms with Crippen LogP contribution in [0.3, 0.4) is 0 Å². The SMILES string of the molecule is N#Cc1ccc(Nc2cc(NCCN)ncn2)cc1. The molecule has 0 unspecified atom stereocenters. The summed E-state index contributed by atoms with van der Waals surface area (Å²) in [6.45, 7) is 1.20. The standard InChI is InChI=1S/C13H14N6/c14-5-6-16-12-7-13(18-9-17-12)19-11-3-1-10(8-15)2-4-11/h1-4,7,9H,5-6,14H2,(H2,16,17,18,19). The van der Waals surface area contributed by atoms with Gasteiger partial charge in [-0.1, -0.05) is 0 Å². The van der Waals surface area contributed by atoms with E-state index in [1.54, 1.807) is 18.2 Å². The number of nitrogens with one attached hydrogen (secondary N) is 2. The van der Waals surface area contributed by atoms with E-state index >= 15 is 0 Å². The van der Waals surface area contributed by atoms with Crippen LogP contribution in [0, 0.1) is 11.3 Å². The van der Waals surface area contributed by atoms with Crippen molar-refractivity contribution in [2.24, 2.45) is 5.73 Å². The molecule has 0 aliphatic carbocycles. The number of hydrogen-bond donors (Lipinski definition) is 3. The van der Waals surface area contributed by atoms with Crippen LogP contribution in [0.1, 0.15) is 5.56 Å². The molecule has 2 aromatic rings. The van der Waals surface area contributed by atoms with Gasteiger partial charge in [-0.25, -0.2) is 9.97 Å². The van der Waals surface area contributed by atoms with Gasteiger partial charge in [0.05, 0.1) is 11.6 Å². The van der Waals surface area contributed by atoms with Crippen LogP contribution >= 0.6 is 0 Å². The molecule has 0 amide bonds. The number of nitriles is 1. The first-order valence-corrected chi connectivity index (χ1v) is 5.85. The van der Waals surface area contributed by atoms with Crippen molar-refractivity contribution >= 4 is 17.3 Å². The maximum Gasteiger partial charge on any atom is 0.135 e. The van der Waals surface area contributed by atoms with Crippen molar-refractivity contribution in [1.82, 2.24) is 9.97 Å². The number of aromatic nitrogens is 2. The fourth-order valence-electron chi connectivity index (χ4n) is 1.50. The van der Waals surface area contributed by atoms with E-state index in [9.17, 15) is 0 Å². The molecule has 0 aliphatic rings. The van der Waals surface area contributed by atoms with Gasteiger partial charge in [0.1, 0.15) is 18.0 Å². The lowest BCUT2D eigenvalue weighted by Crippen LogP contribution is -2.14. The van der Waals surface area contributed by atoms with E-state index in [-0.39, 0.29) is 0 Å². The average Bonchev–Trinajstić information content (AvgIpc) is 2.46. The number of hydrogen-bond acceptors (Lipinski definition) is 6. The van der Waals surface area contributed by atoms with Gasteiger partial charge in [0.25, 0.3) is 0 Å². The predicted octanol–water partition coefficient (Wildman–Crippen LogP) is 1.46. The molecule has 1 heterocycles. The number of benzene rings is 1. The van der Waals surface area contributed by atoms with Crippen LogP contribution < -0.4 is 16.4 Å². The first-order valence-electron chi connectivity index (χ1n) is 5.85. The van der Waals surface area contributed by atoms with E-state index in [0.29, 0.717) is 24.5 Å². The Kier molecular flexibility index (Phi) is 4.26. The molecule has 6 heteroatoms. The van der Waals surface area contributed by atoms with Gasteiger partial charge in [-0.2, -0.15) is 5.26 Å². The second kappa shape index (κ2) is 6.33. The van der Waals surface area contributed by atoms with Crippen molar-refractivity contribution in [3.63, 3.8) is 0 Å². The van der Waals surface area contributed by atoms with Crippen LogP contribution in [0.2, 0.25) is 0 Å². The fourth-order valence-corrected chi connectivity index (χ4v) is 1.50. The lowest BCUT2D eigenvalue weighted by Gasteiger charge is -2.07. The average molecular weight is 254 g/mol. The summed E-state index contributed by atoms with van der Waals surface area (Å²) >= 11 is 0. The molecule has 0 fully saturated rings. The van der Waals surface area contributed by atoms with Crippen LogP contribution in [-0.2, 0) is 0 Å². The maximum atomic E-state index is 8.73. The monoisotopic (exact) mass is 254 g/mol. The van der Waals surface area contributed by atoms with Crippen molar-refractivity contribution in [3.8, 4) is 6.07 Å². The highest BCUT2D eigenvalue weighted by atomic mass is 15.1. The lowest BCUT2D eigenvalue weighted by atomic mass is 10.2. The predicted molar refractivity (Wildman–Crippen MR) is 74.0 cm³/mol. The van der Waals surface area contributed by atoms with Crippen LogP contribution in [-0.4, -0.2) is 23.1 Å². The summed E-state index contributed by atoms with van der Waals surface area (Å²) in [5.74, 6) is 1.40. The quantitative estimate of drug-likeness (QED) is 0.747. The smallest absolute Gasteiger partial charge is 0.135 e. The minimum absolute atomic E-state index is 0.544. The summed E-state index contributed by atoms with van der Waals surface area (Å²) in [7, 11) is 0. The molecule has 1 aromatic heterocycles. The minimum atomic E-state index is 0.544. The highest BCUT2D eigenvalue weighted by Crippen LogP contribution is 2.16. The fraction of sp³-hybridized carbons (Fsp3) is 0.154. The third-order valence-electron chi connectivity index (χ3n) is 2.40. The van der Waals surface area contributed by atoms with Crippen LogP contribution in [0.5, 0.6) is 0 Å². The topological polar surface area (TPSA) is 99.7 Å². The number of rotatable bonds is 5. The summed E-state index contributed by atoms with van der Waals surface area (Å²) in [5.41, 5.74) is 6.90. The van der Waals surface area contributed by atoms with E-state index in [0.717, 1.165) is 11.5 Å². The molecule has 0 atom stereocenters. The molecule has 4 N–H and O–H groups in total. The van der Waals surface area contributed by atoms with Crippen LogP contribution in [0.4, 0.5) is 17.3 Å². The Balaban J connectivity index is 2.07. The Morgan fingerprint density at radius 1 is 1.16 bits per heavy atom. The van der Waals surface area contributed by atoms with E-state index in [4.69, 9.17) is 11.0 Å². The molecule has 0 bridgehead atoms. The molecule has 6 nitrogen and oxygen atoms in total. The summed E-state index contributed by atoms with van der Waals surface area (Å²) in [6, 6.07) is 11.0. The first kappa shape index (κ1) is 12.8. The molecule has 96 valence electrons. The largest absolute Gasteiger partial charge is 0.369 e. The van der Waals surface area contributed by atoms with E-state index in [1.807, 2.05) is 12.1 Å². The van der Waals surface area contributed by atoms with Crippen LogP contribution in [0.25, 0.3) is 0 Å². The molecule has 0 spiro atoms. The molecule has 1 aromatic carbocycles. The van der Waals surface area contributed by atoms with E-state index in [2.05, 4.69) is 26.7 Å². The first-order chi connectivity index (χ1) is 9.31. The van der Waals surface area contributed by atoms with E-state index < -0.39 is 0 Å². The molecule has 0 saturated carbocycles. The normalized spacial score (nSPS) is 9.68. The second-order valence-electron chi connectivity index (χ2n) is 3.82. The van der Waals surface area contributed by atoms with Gasteiger partial charge in [-0.3, -0.25) is 0 Å². The van der Waals surface area contributed by atoms with Gasteiger partial charge in [-0.05, 0) is 24.3 Å². The summed E-state index contributed by atoms with van der Waals surface area (Å²) in [6.07, 6.45) is 1.48. The Labute approximate surface area is 111 Å². The Morgan fingerprint density at radius 2 is 1.89 bits per heavy atom. The van der Waals surface area contributed by atoms with Gasteiger partial charge in [-0.15, -0.1) is 0 Å². The minimum Gasteiger partial charge on any atom is -0.369 e. The van der Waals surface area contributed by atoms with Gasteiger partial charge < -0.3 is 16.4 Å². The van der Waals surface area contributed by atoms with Gasteiger partial charge in [0.15, 0.2) is 0 Å². The molecule has 0 saturated heterocycles. The van der Waals surface area contributed by atoms with Crippen molar-refractivity contribution in [1.29, 1.82) is 5.26 Å². The maximum absolute atomic E-state index is 8.73. The zero-order valence-corrected chi connectivity index (χ0v) is 10.3. The molecule has 2 rings (SSSR count). The summed E-state index contributed by atoms with van der Waals surface area (Å²) in [4.78, 5) is 8.21. The number of nitrogens with zero attached hydrogens (tertiary/aromatic N) is 3. The number of anilines is 3. The highest BCUT2D eigenvalue weighted by Gasteiger charge is 1.99. The van der Waals surface area contributed by atoms with Gasteiger partial charge in [0.2, 0.25) is 0 Å². The van der Waals surface area contributed by atoms with Crippen molar-refractivity contribution in [3.05, 3.63) is 42.2 Å². The van der Waals surface area contributed by atoms with Crippen molar-refractivity contribution in [2.75, 3.05) is 23.7 Å². The van der Waals surface area contributed by atoms with Crippen LogP contribution in [0.15, 0.2) is 36.7 Å². The third kappa shape index (κ3) is 3.66. The van der Waals surface area contributed by atoms with Crippen molar-refractivity contribution in [2.45, 2.75) is 0 Å². The summed E-state index contributed by atoms with van der Waals surface area (Å²) in [5, 5.41) is 14.9. The van der Waals surface area contributed by atoms with Gasteiger partial charge >= 0.3 is 0 Å². The Bertz CT molecular complexity index is 572. The molecular weight excluding hydrogens is 240 g/mol. The zero-order chi connectivity index (χ0) is 13.5. The number of nitrogens with two attached hydrogens (primary N) is 1. The Morgan fingerprint density at radius 3 is 2.58 bits per heavy atom. The summed E-state index contributed by atoms with van der Waals surface area (Å²) < 4.78 is 0. The third-order valence-corrected chi connectivity index (χ3v) is 2.40.